The highest BCUT2D eigenvalue weighted by Gasteiger charge is 2.40. The van der Waals surface area contributed by atoms with Gasteiger partial charge in [0, 0.05) is 6.54 Å². The molecule has 0 amide bonds. The van der Waals surface area contributed by atoms with Gasteiger partial charge in [-0.05, 0) is 35.9 Å². The van der Waals surface area contributed by atoms with Gasteiger partial charge in [-0.15, -0.1) is 0 Å². The predicted octanol–water partition coefficient (Wildman–Crippen LogP) is 1.89. The first kappa shape index (κ1) is 6.67. The van der Waals surface area contributed by atoms with Crippen LogP contribution in [0.5, 0.6) is 0 Å². The Morgan fingerprint density at radius 2 is 2.17 bits per heavy atom. The molecule has 1 aromatic carbocycles. The number of fused-ring (bicyclic) bond motifs is 3. The Balaban J connectivity index is 2.08. The van der Waals surface area contributed by atoms with Gasteiger partial charge < -0.3 is 5.32 Å². The first-order valence-electron chi connectivity index (χ1n) is 4.73. The van der Waals surface area contributed by atoms with Crippen molar-refractivity contribution in [2.24, 2.45) is 5.92 Å². The zero-order valence-corrected chi connectivity index (χ0v) is 7.09. The van der Waals surface area contributed by atoms with Gasteiger partial charge in [0.2, 0.25) is 0 Å². The molecule has 1 saturated carbocycles. The van der Waals surface area contributed by atoms with Crippen LogP contribution in [0.1, 0.15) is 23.5 Å². The fourth-order valence-electron chi connectivity index (χ4n) is 2.30. The number of hydrogen-bond acceptors (Lipinski definition) is 1. The molecule has 0 unspecified atom stereocenters. The van der Waals surface area contributed by atoms with Crippen LogP contribution < -0.4 is 5.32 Å². The molecule has 1 aliphatic carbocycles. The van der Waals surface area contributed by atoms with Crippen molar-refractivity contribution in [2.45, 2.75) is 18.9 Å². The van der Waals surface area contributed by atoms with E-state index in [4.69, 9.17) is 0 Å². The second-order valence-corrected chi connectivity index (χ2v) is 3.93. The zero-order valence-electron chi connectivity index (χ0n) is 7.09. The van der Waals surface area contributed by atoms with E-state index < -0.39 is 0 Å². The Bertz CT molecular complexity index is 306. The maximum absolute atomic E-state index is 3.49. The highest BCUT2D eigenvalue weighted by Crippen LogP contribution is 2.49. The third-order valence-corrected chi connectivity index (χ3v) is 3.10. The minimum atomic E-state index is 0.885. The van der Waals surface area contributed by atoms with Gasteiger partial charge in [-0.25, -0.2) is 0 Å². The number of nitrogens with one attached hydrogen (secondary N) is 1. The molecule has 1 N–H and O–H groups in total. The van der Waals surface area contributed by atoms with Crippen molar-refractivity contribution in [2.75, 3.05) is 6.54 Å². The Labute approximate surface area is 72.8 Å². The highest BCUT2D eigenvalue weighted by molar-refractivity contribution is 5.35. The summed E-state index contributed by atoms with van der Waals surface area (Å²) in [7, 11) is 0. The largest absolute Gasteiger partial charge is 0.312 e. The Morgan fingerprint density at radius 1 is 1.25 bits per heavy atom. The SMILES string of the molecule is c1ccc2c(c1)CNC[C@@H]1C[C@H]21. The fraction of sp³-hybridized carbons (Fsp3) is 0.455. The van der Waals surface area contributed by atoms with E-state index in [9.17, 15) is 0 Å². The molecular formula is C11H13N. The average Bonchev–Trinajstić information content (AvgIpc) is 2.82. The maximum Gasteiger partial charge on any atom is 0.0208 e. The van der Waals surface area contributed by atoms with Crippen LogP contribution in [-0.4, -0.2) is 6.54 Å². The molecule has 2 atom stereocenters. The predicted molar refractivity (Wildman–Crippen MR) is 49.0 cm³/mol. The number of rotatable bonds is 0. The van der Waals surface area contributed by atoms with Gasteiger partial charge in [0.05, 0.1) is 0 Å². The molecule has 2 aliphatic rings. The van der Waals surface area contributed by atoms with Crippen molar-refractivity contribution < 1.29 is 0 Å². The number of benzene rings is 1. The summed E-state index contributed by atoms with van der Waals surface area (Å²) in [5.74, 6) is 1.82. The van der Waals surface area contributed by atoms with E-state index in [1.807, 2.05) is 0 Å². The van der Waals surface area contributed by atoms with Crippen LogP contribution in [0.3, 0.4) is 0 Å². The average molecular weight is 159 g/mol. The standard InChI is InChI=1S/C11H13N/c1-2-4-10-8(3-1)6-12-7-9-5-11(9)10/h1-4,9,11-12H,5-7H2/t9-,11-/m0/s1. The number of hydrogen-bond donors (Lipinski definition) is 1. The van der Waals surface area contributed by atoms with Crippen LogP contribution >= 0.6 is 0 Å². The molecule has 1 heterocycles. The molecule has 1 fully saturated rings. The van der Waals surface area contributed by atoms with Crippen LogP contribution in [0.15, 0.2) is 24.3 Å². The summed E-state index contributed by atoms with van der Waals surface area (Å²) in [4.78, 5) is 0. The minimum Gasteiger partial charge on any atom is -0.312 e. The van der Waals surface area contributed by atoms with Crippen molar-refractivity contribution in [3.8, 4) is 0 Å². The van der Waals surface area contributed by atoms with E-state index in [0.29, 0.717) is 0 Å². The van der Waals surface area contributed by atoms with E-state index >= 15 is 0 Å². The van der Waals surface area contributed by atoms with Gasteiger partial charge in [-0.3, -0.25) is 0 Å². The minimum absolute atomic E-state index is 0.885. The summed E-state index contributed by atoms with van der Waals surface area (Å²) >= 11 is 0. The quantitative estimate of drug-likeness (QED) is 0.609. The van der Waals surface area contributed by atoms with Crippen LogP contribution in [0, 0.1) is 5.92 Å². The lowest BCUT2D eigenvalue weighted by Gasteiger charge is -2.04. The van der Waals surface area contributed by atoms with E-state index in [1.54, 1.807) is 5.56 Å². The third kappa shape index (κ3) is 0.896. The maximum atomic E-state index is 3.49. The monoisotopic (exact) mass is 159 g/mol. The van der Waals surface area contributed by atoms with Crippen molar-refractivity contribution in [3.05, 3.63) is 35.4 Å². The van der Waals surface area contributed by atoms with Gasteiger partial charge in [0.1, 0.15) is 0 Å². The topological polar surface area (TPSA) is 12.0 Å². The molecule has 62 valence electrons. The van der Waals surface area contributed by atoms with E-state index in [-0.39, 0.29) is 0 Å². The summed E-state index contributed by atoms with van der Waals surface area (Å²) in [5, 5.41) is 3.49. The highest BCUT2D eigenvalue weighted by atomic mass is 14.9. The summed E-state index contributed by atoms with van der Waals surface area (Å²) in [6.45, 7) is 2.29. The second kappa shape index (κ2) is 2.33. The smallest absolute Gasteiger partial charge is 0.0208 e. The van der Waals surface area contributed by atoms with Crippen LogP contribution in [0.25, 0.3) is 0 Å². The molecular weight excluding hydrogens is 146 g/mol. The Hall–Kier alpha value is -0.820. The van der Waals surface area contributed by atoms with Crippen molar-refractivity contribution in [3.63, 3.8) is 0 Å². The van der Waals surface area contributed by atoms with Crippen molar-refractivity contribution in [1.82, 2.24) is 5.32 Å². The lowest BCUT2D eigenvalue weighted by Crippen LogP contribution is -2.14. The molecule has 0 spiro atoms. The molecule has 12 heavy (non-hydrogen) atoms. The molecule has 3 rings (SSSR count). The van der Waals surface area contributed by atoms with Crippen LogP contribution in [0.2, 0.25) is 0 Å². The third-order valence-electron chi connectivity index (χ3n) is 3.10. The Morgan fingerprint density at radius 3 is 3.17 bits per heavy atom. The molecule has 1 aliphatic heterocycles. The van der Waals surface area contributed by atoms with Crippen molar-refractivity contribution in [1.29, 1.82) is 0 Å². The van der Waals surface area contributed by atoms with Crippen LogP contribution in [0.4, 0.5) is 0 Å². The zero-order chi connectivity index (χ0) is 7.97. The molecule has 0 radical (unpaired) electrons. The summed E-state index contributed by atoms with van der Waals surface area (Å²) in [5.41, 5.74) is 3.12. The molecule has 1 nitrogen and oxygen atoms in total. The van der Waals surface area contributed by atoms with Gasteiger partial charge in [0.15, 0.2) is 0 Å². The lowest BCUT2D eigenvalue weighted by atomic mass is 10.0. The summed E-state index contributed by atoms with van der Waals surface area (Å²) < 4.78 is 0. The van der Waals surface area contributed by atoms with Gasteiger partial charge in [-0.2, -0.15) is 0 Å². The first-order valence-corrected chi connectivity index (χ1v) is 4.73. The van der Waals surface area contributed by atoms with E-state index in [1.165, 1.54) is 18.5 Å². The molecule has 1 aromatic rings. The van der Waals surface area contributed by atoms with Crippen LogP contribution in [-0.2, 0) is 6.54 Å². The fourth-order valence-corrected chi connectivity index (χ4v) is 2.30. The second-order valence-electron chi connectivity index (χ2n) is 3.93. The van der Waals surface area contributed by atoms with Gasteiger partial charge >= 0.3 is 0 Å². The first-order chi connectivity index (χ1) is 5.95. The van der Waals surface area contributed by atoms with Gasteiger partial charge in [-0.1, -0.05) is 24.3 Å². The van der Waals surface area contributed by atoms with E-state index in [0.717, 1.165) is 18.4 Å². The summed E-state index contributed by atoms with van der Waals surface area (Å²) in [6.07, 6.45) is 1.41. The Kier molecular flexibility index (Phi) is 1.30. The summed E-state index contributed by atoms with van der Waals surface area (Å²) in [6, 6.07) is 8.86. The molecule has 0 bridgehead atoms. The normalized spacial score (nSPS) is 31.7. The molecule has 0 aromatic heterocycles. The lowest BCUT2D eigenvalue weighted by molar-refractivity contribution is 0.648. The van der Waals surface area contributed by atoms with Crippen molar-refractivity contribution >= 4 is 0 Å². The van der Waals surface area contributed by atoms with E-state index in [2.05, 4.69) is 29.6 Å². The molecule has 1 heteroatoms. The van der Waals surface area contributed by atoms with Gasteiger partial charge in [0.25, 0.3) is 0 Å². The molecule has 0 saturated heterocycles.